The SMILES string of the molecule is CCN(CC)S(=O)(=O)c1ccc(-c2ccc(/C=c3/s/c(=C(\C#N)C(=O)C(C)(C)C)n(Cc4ccc5c(c4)OCO5)c3=O)o2)cc1. The molecule has 2 aromatic heterocycles. The number of benzene rings is 2. The molecule has 0 saturated carbocycles. The molecular weight excluding hydrogens is 615 g/mol. The first kappa shape index (κ1) is 32.0. The molecule has 3 heterocycles. The monoisotopic (exact) mass is 647 g/mol. The molecule has 5 rings (SSSR count). The van der Waals surface area contributed by atoms with Crippen LogP contribution >= 0.6 is 11.3 Å². The zero-order valence-electron chi connectivity index (χ0n) is 25.6. The van der Waals surface area contributed by atoms with Gasteiger partial charge in [0.2, 0.25) is 16.8 Å². The number of ketones is 1. The van der Waals surface area contributed by atoms with Crippen molar-refractivity contribution in [1.82, 2.24) is 8.87 Å². The third-order valence-electron chi connectivity index (χ3n) is 7.30. The maximum atomic E-state index is 13.8. The van der Waals surface area contributed by atoms with Gasteiger partial charge >= 0.3 is 0 Å². The molecule has 0 bridgehead atoms. The highest BCUT2D eigenvalue weighted by atomic mass is 32.2. The molecule has 0 unspecified atom stereocenters. The molecule has 0 amide bonds. The third-order valence-corrected chi connectivity index (χ3v) is 10.5. The van der Waals surface area contributed by atoms with Crippen molar-refractivity contribution in [2.24, 2.45) is 5.41 Å². The summed E-state index contributed by atoms with van der Waals surface area (Å²) in [5, 5.41) is 10.1. The number of thiazole rings is 1. The molecule has 0 saturated heterocycles. The minimum absolute atomic E-state index is 0.0927. The Labute approximate surface area is 265 Å². The lowest BCUT2D eigenvalue weighted by Crippen LogP contribution is -2.34. The highest BCUT2D eigenvalue weighted by Crippen LogP contribution is 2.32. The smallest absolute Gasteiger partial charge is 0.269 e. The van der Waals surface area contributed by atoms with Crippen molar-refractivity contribution in [2.75, 3.05) is 19.9 Å². The summed E-state index contributed by atoms with van der Waals surface area (Å²) in [6.07, 6.45) is 1.58. The lowest BCUT2D eigenvalue weighted by Gasteiger charge is -2.18. The van der Waals surface area contributed by atoms with E-state index in [1.807, 2.05) is 6.07 Å². The predicted octanol–water partition coefficient (Wildman–Crippen LogP) is 4.10. The van der Waals surface area contributed by atoms with E-state index in [1.54, 1.807) is 95.3 Å². The summed E-state index contributed by atoms with van der Waals surface area (Å²) in [7, 11) is -3.59. The highest BCUT2D eigenvalue weighted by Gasteiger charge is 2.28. The van der Waals surface area contributed by atoms with Crippen LogP contribution in [-0.4, -0.2) is 43.0 Å². The van der Waals surface area contributed by atoms with Gasteiger partial charge < -0.3 is 13.9 Å². The molecule has 0 aliphatic carbocycles. The molecule has 1 aliphatic rings. The number of furan rings is 1. The van der Waals surface area contributed by atoms with E-state index >= 15 is 0 Å². The average molecular weight is 648 g/mol. The molecule has 0 N–H and O–H groups in total. The minimum Gasteiger partial charge on any atom is -0.457 e. The molecule has 1 aliphatic heterocycles. The molecule has 234 valence electrons. The lowest BCUT2D eigenvalue weighted by atomic mass is 9.87. The van der Waals surface area contributed by atoms with Crippen LogP contribution in [0.25, 0.3) is 23.0 Å². The Morgan fingerprint density at radius 2 is 1.73 bits per heavy atom. The van der Waals surface area contributed by atoms with Crippen LogP contribution in [-0.2, 0) is 21.4 Å². The van der Waals surface area contributed by atoms with Crippen LogP contribution in [0.2, 0.25) is 0 Å². The first-order valence-corrected chi connectivity index (χ1v) is 16.6. The van der Waals surface area contributed by atoms with Crippen molar-refractivity contribution in [3.63, 3.8) is 0 Å². The van der Waals surface area contributed by atoms with Gasteiger partial charge in [0.05, 0.1) is 16.0 Å². The number of hydrogen-bond acceptors (Lipinski definition) is 9. The topological polar surface area (TPSA) is 132 Å². The van der Waals surface area contributed by atoms with Gasteiger partial charge in [0.15, 0.2) is 17.3 Å². The average Bonchev–Trinajstić information content (AvgIpc) is 3.74. The fourth-order valence-electron chi connectivity index (χ4n) is 4.86. The van der Waals surface area contributed by atoms with Crippen LogP contribution < -0.4 is 24.2 Å². The lowest BCUT2D eigenvalue weighted by molar-refractivity contribution is -0.120. The predicted molar refractivity (Wildman–Crippen MR) is 171 cm³/mol. The Morgan fingerprint density at radius 3 is 2.38 bits per heavy atom. The number of aromatic nitrogens is 1. The zero-order chi connectivity index (χ0) is 32.5. The molecule has 0 spiro atoms. The highest BCUT2D eigenvalue weighted by molar-refractivity contribution is 7.89. The molecule has 0 radical (unpaired) electrons. The standard InChI is InChI=1S/C33H33N3O7S2/c1-6-35(7-2)45(39,40)24-12-9-22(10-13-24)26-15-11-23(43-26)17-29-31(38)36(19-21-8-14-27-28(16-21)42-20-41-27)32(44-29)25(18-34)30(37)33(3,4)5/h8-17H,6-7,19-20H2,1-5H3/b29-17+,32-25+. The van der Waals surface area contributed by atoms with E-state index in [0.717, 1.165) is 16.9 Å². The second kappa shape index (κ2) is 12.5. The van der Waals surface area contributed by atoms with Crippen LogP contribution in [0.4, 0.5) is 0 Å². The van der Waals surface area contributed by atoms with E-state index in [-0.39, 0.29) is 44.3 Å². The Kier molecular flexibility index (Phi) is 8.89. The number of nitriles is 1. The van der Waals surface area contributed by atoms with Gasteiger partial charge in [0, 0.05) is 30.1 Å². The number of fused-ring (bicyclic) bond motifs is 1. The Bertz CT molecular complexity index is 2090. The van der Waals surface area contributed by atoms with Crippen LogP contribution in [0.1, 0.15) is 45.9 Å². The molecular formula is C33H33N3O7S2. The van der Waals surface area contributed by atoms with Gasteiger partial charge in [-0.15, -0.1) is 11.3 Å². The van der Waals surface area contributed by atoms with E-state index in [4.69, 9.17) is 13.9 Å². The van der Waals surface area contributed by atoms with E-state index in [2.05, 4.69) is 0 Å². The van der Waals surface area contributed by atoms with Crippen molar-refractivity contribution in [3.8, 4) is 28.9 Å². The number of ether oxygens (including phenoxy) is 2. The van der Waals surface area contributed by atoms with Gasteiger partial charge in [-0.1, -0.05) is 40.7 Å². The van der Waals surface area contributed by atoms with Gasteiger partial charge in [0.1, 0.15) is 27.8 Å². The second-order valence-corrected chi connectivity index (χ2v) is 14.3. The summed E-state index contributed by atoms with van der Waals surface area (Å²) in [5.41, 5.74) is 0.0838. The number of carbonyl (C=O) groups excluding carboxylic acids is 1. The Morgan fingerprint density at radius 1 is 1.04 bits per heavy atom. The Hall–Kier alpha value is -4.44. The number of Topliss-reactive ketones (excluding diaryl/α,β-unsaturated/α-hetero) is 1. The summed E-state index contributed by atoms with van der Waals surface area (Å²) >= 11 is 1.05. The number of carbonyl (C=O) groups is 1. The molecule has 2 aromatic carbocycles. The van der Waals surface area contributed by atoms with Crippen molar-refractivity contribution in [1.29, 1.82) is 5.26 Å². The molecule has 12 heteroatoms. The fourth-order valence-corrected chi connectivity index (χ4v) is 7.40. The van der Waals surface area contributed by atoms with E-state index < -0.39 is 15.4 Å². The number of nitrogens with zero attached hydrogens (tertiary/aromatic N) is 3. The molecule has 4 aromatic rings. The molecule has 10 nitrogen and oxygen atoms in total. The number of sulfonamides is 1. The molecule has 0 fully saturated rings. The fraction of sp³-hybridized carbons (Fsp3) is 0.303. The van der Waals surface area contributed by atoms with Crippen LogP contribution in [0.5, 0.6) is 11.5 Å². The summed E-state index contributed by atoms with van der Waals surface area (Å²) in [6.45, 7) is 9.72. The van der Waals surface area contributed by atoms with Gasteiger partial charge in [0.25, 0.3) is 5.56 Å². The van der Waals surface area contributed by atoms with Crippen molar-refractivity contribution in [2.45, 2.75) is 46.1 Å². The van der Waals surface area contributed by atoms with Crippen molar-refractivity contribution in [3.05, 3.63) is 85.5 Å². The van der Waals surface area contributed by atoms with Crippen molar-refractivity contribution < 1.29 is 27.1 Å². The number of hydrogen-bond donors (Lipinski definition) is 0. The first-order valence-electron chi connectivity index (χ1n) is 14.4. The molecule has 45 heavy (non-hydrogen) atoms. The second-order valence-electron chi connectivity index (χ2n) is 11.4. The quantitative estimate of drug-likeness (QED) is 0.265. The molecule has 0 atom stereocenters. The van der Waals surface area contributed by atoms with Gasteiger partial charge in [-0.3, -0.25) is 14.2 Å². The summed E-state index contributed by atoms with van der Waals surface area (Å²) in [5.74, 6) is 1.65. The minimum atomic E-state index is -3.59. The Balaban J connectivity index is 1.56. The van der Waals surface area contributed by atoms with Crippen LogP contribution in [0.15, 0.2) is 68.7 Å². The summed E-state index contributed by atoms with van der Waals surface area (Å²) in [6, 6.07) is 17.2. The van der Waals surface area contributed by atoms with E-state index in [1.165, 1.54) is 8.87 Å². The summed E-state index contributed by atoms with van der Waals surface area (Å²) in [4.78, 5) is 27.3. The maximum Gasteiger partial charge on any atom is 0.269 e. The van der Waals surface area contributed by atoms with Gasteiger partial charge in [-0.05, 0) is 54.1 Å². The van der Waals surface area contributed by atoms with Gasteiger partial charge in [-0.25, -0.2) is 8.42 Å². The third kappa shape index (κ3) is 6.38. The normalized spacial score (nSPS) is 14.1. The summed E-state index contributed by atoms with van der Waals surface area (Å²) < 4.78 is 46.0. The maximum absolute atomic E-state index is 13.8. The zero-order valence-corrected chi connectivity index (χ0v) is 27.3. The van der Waals surface area contributed by atoms with Gasteiger partial charge in [-0.2, -0.15) is 9.57 Å². The number of rotatable bonds is 9. The first-order chi connectivity index (χ1) is 21.4. The van der Waals surface area contributed by atoms with Crippen molar-refractivity contribution >= 4 is 38.8 Å². The van der Waals surface area contributed by atoms with Crippen LogP contribution in [0, 0.1) is 16.7 Å². The van der Waals surface area contributed by atoms with E-state index in [0.29, 0.717) is 41.7 Å². The largest absolute Gasteiger partial charge is 0.457 e. The van der Waals surface area contributed by atoms with Crippen LogP contribution in [0.3, 0.4) is 0 Å². The van der Waals surface area contributed by atoms with E-state index in [9.17, 15) is 23.3 Å².